The summed E-state index contributed by atoms with van der Waals surface area (Å²) in [4.78, 5) is 15.0. The monoisotopic (exact) mass is 261 g/mol. The number of aryl methyl sites for hydroxylation is 1. The maximum atomic E-state index is 13.1. The topological polar surface area (TPSA) is 59.4 Å². The van der Waals surface area contributed by atoms with Crippen molar-refractivity contribution in [2.75, 3.05) is 0 Å². The summed E-state index contributed by atoms with van der Waals surface area (Å²) >= 11 is 0. The van der Waals surface area contributed by atoms with Gasteiger partial charge in [-0.25, -0.2) is 9.18 Å². The molecule has 0 atom stereocenters. The first kappa shape index (κ1) is 13.0. The molecule has 19 heavy (non-hydrogen) atoms. The molecule has 0 bridgehead atoms. The van der Waals surface area contributed by atoms with Gasteiger partial charge in [-0.1, -0.05) is 0 Å². The summed E-state index contributed by atoms with van der Waals surface area (Å²) in [7, 11) is 0. The zero-order chi connectivity index (χ0) is 13.8. The highest BCUT2D eigenvalue weighted by atomic mass is 19.1. The molecule has 0 fully saturated rings. The van der Waals surface area contributed by atoms with Crippen LogP contribution < -0.4 is 4.74 Å². The van der Waals surface area contributed by atoms with Crippen LogP contribution in [0.15, 0.2) is 36.5 Å². The first-order valence-corrected chi connectivity index (χ1v) is 5.63. The average molecular weight is 261 g/mol. The maximum Gasteiger partial charge on any atom is 0.336 e. The molecule has 0 radical (unpaired) electrons. The van der Waals surface area contributed by atoms with Crippen molar-refractivity contribution in [3.63, 3.8) is 0 Å². The van der Waals surface area contributed by atoms with E-state index < -0.39 is 11.8 Å². The van der Waals surface area contributed by atoms with Crippen LogP contribution in [0.5, 0.6) is 5.75 Å². The van der Waals surface area contributed by atoms with Crippen LogP contribution >= 0.6 is 0 Å². The van der Waals surface area contributed by atoms with Gasteiger partial charge in [0.15, 0.2) is 0 Å². The van der Waals surface area contributed by atoms with E-state index in [1.807, 2.05) is 6.92 Å². The average Bonchev–Trinajstić information content (AvgIpc) is 2.38. The lowest BCUT2D eigenvalue weighted by Gasteiger charge is -2.08. The van der Waals surface area contributed by atoms with Crippen molar-refractivity contribution in [3.05, 3.63) is 59.2 Å². The summed E-state index contributed by atoms with van der Waals surface area (Å²) < 4.78 is 18.5. The van der Waals surface area contributed by atoms with Crippen LogP contribution in [0, 0.1) is 12.7 Å². The lowest BCUT2D eigenvalue weighted by molar-refractivity contribution is 0.0694. The number of hydrogen-bond acceptors (Lipinski definition) is 3. The van der Waals surface area contributed by atoms with Gasteiger partial charge < -0.3 is 9.84 Å². The number of nitrogens with zero attached hydrogens (tertiary/aromatic N) is 1. The van der Waals surface area contributed by atoms with E-state index in [0.717, 1.165) is 17.8 Å². The van der Waals surface area contributed by atoms with Gasteiger partial charge >= 0.3 is 5.97 Å². The molecule has 0 saturated carbocycles. The molecule has 0 unspecified atom stereocenters. The Morgan fingerprint density at radius 3 is 2.79 bits per heavy atom. The molecule has 5 heteroatoms. The van der Waals surface area contributed by atoms with Gasteiger partial charge in [0.2, 0.25) is 0 Å². The number of ether oxygens (including phenoxy) is 1. The summed E-state index contributed by atoms with van der Waals surface area (Å²) in [5.74, 6) is -1.10. The fraction of sp³-hybridized carbons (Fsp3) is 0.143. The van der Waals surface area contributed by atoms with Gasteiger partial charge in [0, 0.05) is 11.3 Å². The predicted octanol–water partition coefficient (Wildman–Crippen LogP) is 2.81. The lowest BCUT2D eigenvalue weighted by Crippen LogP contribution is -2.06. The van der Waals surface area contributed by atoms with Gasteiger partial charge in [-0.3, -0.25) is 4.98 Å². The number of carboxylic acids is 1. The SMILES string of the molecule is Cc1ccc(OCc2cc(F)ccc2C(=O)O)cn1. The minimum absolute atomic E-state index is 0.0237. The van der Waals surface area contributed by atoms with E-state index in [1.165, 1.54) is 12.3 Å². The molecule has 1 N–H and O–H groups in total. The molecule has 1 aromatic heterocycles. The highest BCUT2D eigenvalue weighted by Crippen LogP contribution is 2.16. The number of rotatable bonds is 4. The number of hydrogen-bond donors (Lipinski definition) is 1. The Morgan fingerprint density at radius 1 is 1.37 bits per heavy atom. The highest BCUT2D eigenvalue weighted by molar-refractivity contribution is 5.89. The van der Waals surface area contributed by atoms with E-state index in [0.29, 0.717) is 5.75 Å². The van der Waals surface area contributed by atoms with Gasteiger partial charge in [0.05, 0.1) is 11.8 Å². The van der Waals surface area contributed by atoms with Crippen molar-refractivity contribution in [2.24, 2.45) is 0 Å². The van der Waals surface area contributed by atoms with Crippen molar-refractivity contribution >= 4 is 5.97 Å². The van der Waals surface area contributed by atoms with Crippen LogP contribution in [-0.4, -0.2) is 16.1 Å². The first-order chi connectivity index (χ1) is 9.06. The minimum atomic E-state index is -1.11. The standard InChI is InChI=1S/C14H12FNO3/c1-9-2-4-12(7-16-9)19-8-10-6-11(15)3-5-13(10)14(17)18/h2-7H,8H2,1H3,(H,17,18). The van der Waals surface area contributed by atoms with Crippen molar-refractivity contribution in [3.8, 4) is 5.75 Å². The molecule has 2 rings (SSSR count). The van der Waals surface area contributed by atoms with Gasteiger partial charge in [0.1, 0.15) is 18.2 Å². The Balaban J connectivity index is 2.16. The third kappa shape index (κ3) is 3.28. The second-order valence-electron chi connectivity index (χ2n) is 4.03. The van der Waals surface area contributed by atoms with Crippen molar-refractivity contribution in [1.29, 1.82) is 0 Å². The van der Waals surface area contributed by atoms with Crippen LogP contribution in [0.3, 0.4) is 0 Å². The van der Waals surface area contributed by atoms with E-state index in [9.17, 15) is 9.18 Å². The summed E-state index contributed by atoms with van der Waals surface area (Å²) in [5, 5.41) is 9.00. The van der Waals surface area contributed by atoms with Gasteiger partial charge in [0.25, 0.3) is 0 Å². The van der Waals surface area contributed by atoms with Crippen molar-refractivity contribution < 1.29 is 19.0 Å². The normalized spacial score (nSPS) is 10.2. The van der Waals surface area contributed by atoms with Gasteiger partial charge in [-0.05, 0) is 37.3 Å². The second kappa shape index (κ2) is 5.48. The summed E-state index contributed by atoms with van der Waals surface area (Å²) in [6, 6.07) is 7.00. The fourth-order valence-electron chi connectivity index (χ4n) is 1.59. The number of benzene rings is 1. The fourth-order valence-corrected chi connectivity index (χ4v) is 1.59. The third-order valence-corrected chi connectivity index (χ3v) is 2.58. The van der Waals surface area contributed by atoms with E-state index in [-0.39, 0.29) is 17.7 Å². The zero-order valence-corrected chi connectivity index (χ0v) is 10.3. The first-order valence-electron chi connectivity index (χ1n) is 5.63. The van der Waals surface area contributed by atoms with Crippen molar-refractivity contribution in [1.82, 2.24) is 4.98 Å². The van der Waals surface area contributed by atoms with Crippen molar-refractivity contribution in [2.45, 2.75) is 13.5 Å². The number of carboxylic acid groups (broad SMARTS) is 1. The molecular formula is C14H12FNO3. The Hall–Kier alpha value is -2.43. The summed E-state index contributed by atoms with van der Waals surface area (Å²) in [6.45, 7) is 1.82. The molecular weight excluding hydrogens is 249 g/mol. The number of aromatic carboxylic acids is 1. The quantitative estimate of drug-likeness (QED) is 0.919. The smallest absolute Gasteiger partial charge is 0.336 e. The molecule has 0 aliphatic rings. The summed E-state index contributed by atoms with van der Waals surface area (Å²) in [5.41, 5.74) is 1.17. The van der Waals surface area contributed by atoms with E-state index in [4.69, 9.17) is 9.84 Å². The molecule has 1 heterocycles. The lowest BCUT2D eigenvalue weighted by atomic mass is 10.1. The Bertz CT molecular complexity index is 596. The number of pyridine rings is 1. The van der Waals surface area contributed by atoms with Gasteiger partial charge in [-0.15, -0.1) is 0 Å². The van der Waals surface area contributed by atoms with Crippen LogP contribution in [0.25, 0.3) is 0 Å². The van der Waals surface area contributed by atoms with Crippen LogP contribution in [0.2, 0.25) is 0 Å². The largest absolute Gasteiger partial charge is 0.487 e. The number of carbonyl (C=O) groups is 1. The molecule has 4 nitrogen and oxygen atoms in total. The van der Waals surface area contributed by atoms with Crippen LogP contribution in [0.1, 0.15) is 21.6 Å². The maximum absolute atomic E-state index is 13.1. The zero-order valence-electron chi connectivity index (χ0n) is 10.3. The minimum Gasteiger partial charge on any atom is -0.487 e. The molecule has 2 aromatic rings. The molecule has 0 aliphatic carbocycles. The molecule has 0 amide bonds. The Morgan fingerprint density at radius 2 is 2.16 bits per heavy atom. The highest BCUT2D eigenvalue weighted by Gasteiger charge is 2.11. The van der Waals surface area contributed by atoms with E-state index >= 15 is 0 Å². The number of halogens is 1. The molecule has 98 valence electrons. The third-order valence-electron chi connectivity index (χ3n) is 2.58. The van der Waals surface area contributed by atoms with Crippen LogP contribution in [-0.2, 0) is 6.61 Å². The Labute approximate surface area is 109 Å². The van der Waals surface area contributed by atoms with Crippen LogP contribution in [0.4, 0.5) is 4.39 Å². The molecule has 0 saturated heterocycles. The van der Waals surface area contributed by atoms with E-state index in [1.54, 1.807) is 12.1 Å². The molecule has 1 aromatic carbocycles. The van der Waals surface area contributed by atoms with Gasteiger partial charge in [-0.2, -0.15) is 0 Å². The molecule has 0 spiro atoms. The predicted molar refractivity (Wildman–Crippen MR) is 66.7 cm³/mol. The second-order valence-corrected chi connectivity index (χ2v) is 4.03. The van der Waals surface area contributed by atoms with E-state index in [2.05, 4.69) is 4.98 Å². The number of aromatic nitrogens is 1. The molecule has 0 aliphatic heterocycles. The summed E-state index contributed by atoms with van der Waals surface area (Å²) in [6.07, 6.45) is 1.54. The Kier molecular flexibility index (Phi) is 3.75.